The van der Waals surface area contributed by atoms with Crippen LogP contribution in [0.1, 0.15) is 117 Å². The minimum Gasteiger partial charge on any atom is -0.362 e. The summed E-state index contributed by atoms with van der Waals surface area (Å²) in [6, 6.07) is 0. The minimum atomic E-state index is -0.427. The van der Waals surface area contributed by atoms with Crippen LogP contribution in [0, 0.1) is 0 Å². The fourth-order valence-electron chi connectivity index (χ4n) is 2.93. The second kappa shape index (κ2) is 18.2. The molecule has 140 valence electrons. The van der Waals surface area contributed by atoms with Gasteiger partial charge in [0.2, 0.25) is 0 Å². The van der Waals surface area contributed by atoms with Crippen molar-refractivity contribution in [2.45, 2.75) is 117 Å². The van der Waals surface area contributed by atoms with Gasteiger partial charge >= 0.3 is 11.9 Å². The van der Waals surface area contributed by atoms with Crippen LogP contribution in [0.3, 0.4) is 0 Å². The molecular formula is C20H38N2O2. The van der Waals surface area contributed by atoms with Crippen LogP contribution in [0.2, 0.25) is 0 Å². The van der Waals surface area contributed by atoms with Crippen LogP contribution in [0.4, 0.5) is 0 Å². The molecule has 0 saturated heterocycles. The quantitative estimate of drug-likeness (QED) is 0.0811. The Morgan fingerprint density at radius 2 is 1.12 bits per heavy atom. The molecule has 24 heavy (non-hydrogen) atoms. The summed E-state index contributed by atoms with van der Waals surface area (Å²) < 4.78 is 4.78. The molecule has 0 spiro atoms. The average Bonchev–Trinajstić information content (AvgIpc) is 2.56. The van der Waals surface area contributed by atoms with Gasteiger partial charge in [-0.05, 0) is 6.42 Å². The topological polar surface area (TPSA) is 62.7 Å². The lowest BCUT2D eigenvalue weighted by atomic mass is 10.0. The van der Waals surface area contributed by atoms with Crippen molar-refractivity contribution in [3.63, 3.8) is 0 Å². The summed E-state index contributed by atoms with van der Waals surface area (Å²) in [4.78, 5) is 13.8. The van der Waals surface area contributed by atoms with Gasteiger partial charge in [-0.1, -0.05) is 96.8 Å². The van der Waals surface area contributed by atoms with Crippen molar-refractivity contribution >= 4 is 11.9 Å². The maximum Gasteiger partial charge on any atom is 0.457 e. The smallest absolute Gasteiger partial charge is 0.362 e. The van der Waals surface area contributed by atoms with E-state index >= 15 is 0 Å². The van der Waals surface area contributed by atoms with Crippen molar-refractivity contribution in [3.05, 3.63) is 5.53 Å². The standard InChI is InChI=1S/C20H38N2O2/c1-3-4-5-6-7-8-9-10-11-12-13-14-15-16-17-18-20(22-21)24-19(2)23/h3-18H2,1-2H3. The Morgan fingerprint density at radius 3 is 1.46 bits per heavy atom. The molecule has 0 aliphatic carbocycles. The number of nitrogens with zero attached hydrogens (tertiary/aromatic N) is 2. The summed E-state index contributed by atoms with van der Waals surface area (Å²) in [6.45, 7) is 3.58. The molecule has 0 amide bonds. The number of esters is 1. The molecule has 0 radical (unpaired) electrons. The molecular weight excluding hydrogens is 300 g/mol. The molecule has 0 unspecified atom stereocenters. The second-order valence-corrected chi connectivity index (χ2v) is 6.79. The van der Waals surface area contributed by atoms with Crippen molar-refractivity contribution in [2.24, 2.45) is 0 Å². The molecule has 4 heteroatoms. The summed E-state index contributed by atoms with van der Waals surface area (Å²) in [5, 5.41) is 0. The van der Waals surface area contributed by atoms with Crippen molar-refractivity contribution in [1.29, 1.82) is 0 Å². The minimum absolute atomic E-state index is 0.136. The Morgan fingerprint density at radius 1 is 0.750 bits per heavy atom. The predicted molar refractivity (Wildman–Crippen MR) is 99.9 cm³/mol. The van der Waals surface area contributed by atoms with E-state index in [0.717, 1.165) is 12.8 Å². The van der Waals surface area contributed by atoms with E-state index in [-0.39, 0.29) is 5.90 Å². The third-order valence-corrected chi connectivity index (χ3v) is 4.37. The van der Waals surface area contributed by atoms with Crippen LogP contribution in [-0.2, 0) is 9.53 Å². The normalized spacial score (nSPS) is 10.4. The van der Waals surface area contributed by atoms with E-state index in [9.17, 15) is 4.79 Å². The first kappa shape index (κ1) is 22.9. The fraction of sp³-hybridized carbons (Fsp3) is 0.900. The highest BCUT2D eigenvalue weighted by Crippen LogP contribution is 2.13. The molecule has 0 bridgehead atoms. The number of carbonyl (C=O) groups excluding carboxylic acids is 1. The van der Waals surface area contributed by atoms with Gasteiger partial charge in [-0.15, -0.1) is 4.79 Å². The molecule has 4 nitrogen and oxygen atoms in total. The molecule has 0 aliphatic heterocycles. The highest BCUT2D eigenvalue weighted by molar-refractivity contribution is 5.84. The van der Waals surface area contributed by atoms with Crippen molar-refractivity contribution < 1.29 is 14.3 Å². The van der Waals surface area contributed by atoms with Gasteiger partial charge in [-0.2, -0.15) is 0 Å². The van der Waals surface area contributed by atoms with Crippen molar-refractivity contribution in [1.82, 2.24) is 0 Å². The first-order valence-electron chi connectivity index (χ1n) is 10.1. The Labute approximate surface area is 149 Å². The van der Waals surface area contributed by atoms with Gasteiger partial charge in [0.15, 0.2) is 0 Å². The van der Waals surface area contributed by atoms with Crippen LogP contribution in [-0.4, -0.2) is 16.7 Å². The molecule has 0 aliphatic rings. The molecule has 0 N–H and O–H groups in total. The Bertz CT molecular complexity index is 350. The molecule has 0 fully saturated rings. The van der Waals surface area contributed by atoms with E-state index in [0.29, 0.717) is 6.42 Å². The third kappa shape index (κ3) is 17.2. The zero-order valence-electron chi connectivity index (χ0n) is 16.0. The largest absolute Gasteiger partial charge is 0.457 e. The van der Waals surface area contributed by atoms with Gasteiger partial charge in [-0.3, -0.25) is 4.79 Å². The highest BCUT2D eigenvalue weighted by Gasteiger charge is 2.11. The number of hydrogen-bond donors (Lipinski definition) is 0. The Balaban J connectivity index is 3.20. The van der Waals surface area contributed by atoms with Gasteiger partial charge in [0.25, 0.3) is 0 Å². The molecule has 0 saturated carbocycles. The van der Waals surface area contributed by atoms with E-state index in [1.54, 1.807) is 0 Å². The van der Waals surface area contributed by atoms with Gasteiger partial charge in [0, 0.05) is 6.92 Å². The maximum atomic E-state index is 10.8. The summed E-state index contributed by atoms with van der Waals surface area (Å²) in [7, 11) is 0. The number of carbonyl (C=O) groups is 1. The first-order chi connectivity index (χ1) is 11.7. The average molecular weight is 339 g/mol. The first-order valence-corrected chi connectivity index (χ1v) is 10.1. The second-order valence-electron chi connectivity index (χ2n) is 6.79. The van der Waals surface area contributed by atoms with Gasteiger partial charge in [0.05, 0.1) is 6.42 Å². The molecule has 0 aromatic heterocycles. The number of ether oxygens (including phenoxy) is 1. The third-order valence-electron chi connectivity index (χ3n) is 4.37. The molecule has 0 rings (SSSR count). The van der Waals surface area contributed by atoms with Crippen molar-refractivity contribution in [3.8, 4) is 0 Å². The van der Waals surface area contributed by atoms with Crippen molar-refractivity contribution in [2.75, 3.05) is 0 Å². The predicted octanol–water partition coefficient (Wildman–Crippen LogP) is 6.44. The zero-order chi connectivity index (χ0) is 17.9. The van der Waals surface area contributed by atoms with Gasteiger partial charge in [-0.25, -0.2) is 0 Å². The van der Waals surface area contributed by atoms with Crippen LogP contribution < -0.4 is 0 Å². The van der Waals surface area contributed by atoms with Gasteiger partial charge in [0.1, 0.15) is 0 Å². The van der Waals surface area contributed by atoms with Crippen LogP contribution in [0.25, 0.3) is 5.53 Å². The van der Waals surface area contributed by atoms with E-state index in [1.165, 1.54) is 90.4 Å². The molecule has 0 aromatic rings. The zero-order valence-corrected chi connectivity index (χ0v) is 16.0. The van der Waals surface area contributed by atoms with Crippen LogP contribution in [0.15, 0.2) is 0 Å². The summed E-state index contributed by atoms with van der Waals surface area (Å²) in [5.41, 5.74) is 8.70. The maximum absolute atomic E-state index is 10.8. The van der Waals surface area contributed by atoms with Crippen LogP contribution in [0.5, 0.6) is 0 Å². The molecule has 0 atom stereocenters. The monoisotopic (exact) mass is 338 g/mol. The lowest BCUT2D eigenvalue weighted by Gasteiger charge is -2.03. The molecule has 0 heterocycles. The van der Waals surface area contributed by atoms with E-state index < -0.39 is 5.97 Å². The Hall–Kier alpha value is -1.15. The number of rotatable bonds is 16. The SMILES string of the molecule is CCCCCCCCCCCCCCCCCC(=[N+]=[N-])OC(C)=O. The van der Waals surface area contributed by atoms with Crippen LogP contribution >= 0.6 is 0 Å². The lowest BCUT2D eigenvalue weighted by Crippen LogP contribution is -2.10. The number of hydrogen-bond acceptors (Lipinski definition) is 2. The summed E-state index contributed by atoms with van der Waals surface area (Å²) >= 11 is 0. The van der Waals surface area contributed by atoms with E-state index in [1.807, 2.05) is 0 Å². The van der Waals surface area contributed by atoms with E-state index in [4.69, 9.17) is 10.3 Å². The fourth-order valence-corrected chi connectivity index (χ4v) is 2.93. The number of unbranched alkanes of at least 4 members (excludes halogenated alkanes) is 14. The Kier molecular flexibility index (Phi) is 17.3. The highest BCUT2D eigenvalue weighted by atomic mass is 16.5. The summed E-state index contributed by atoms with van der Waals surface area (Å²) in [6.07, 6.45) is 20.3. The molecule has 0 aromatic carbocycles. The summed E-state index contributed by atoms with van der Waals surface area (Å²) in [5.74, 6) is -0.291. The van der Waals surface area contributed by atoms with E-state index in [2.05, 4.69) is 11.7 Å². The van der Waals surface area contributed by atoms with Gasteiger partial charge < -0.3 is 10.3 Å². The lowest BCUT2D eigenvalue weighted by molar-refractivity contribution is -0.138.